The molecule has 2 amide bonds. The Balaban J connectivity index is 2.88. The van der Waals surface area contributed by atoms with E-state index in [1.807, 2.05) is 0 Å². The maximum Gasteiger partial charge on any atom is 0.340 e. The molecule has 8 heteroatoms. The Kier molecular flexibility index (Phi) is 6.18. The lowest BCUT2D eigenvalue weighted by molar-refractivity contribution is -0.141. The van der Waals surface area contributed by atoms with E-state index in [9.17, 15) is 14.4 Å². The quantitative estimate of drug-likeness (QED) is 0.809. The summed E-state index contributed by atoms with van der Waals surface area (Å²) < 4.78 is 4.63. The second-order valence-electron chi connectivity index (χ2n) is 4.73. The van der Waals surface area contributed by atoms with Crippen molar-refractivity contribution in [2.75, 3.05) is 26.0 Å². The molecule has 1 aromatic rings. The minimum Gasteiger partial charge on any atom is -0.481 e. The van der Waals surface area contributed by atoms with E-state index in [0.717, 1.165) is 0 Å². The molecule has 0 aliphatic heterocycles. The third-order valence-corrected chi connectivity index (χ3v) is 3.18. The van der Waals surface area contributed by atoms with Crippen LogP contribution < -0.4 is 5.32 Å². The van der Waals surface area contributed by atoms with Crippen LogP contribution in [0.1, 0.15) is 17.3 Å². The number of amides is 2. The van der Waals surface area contributed by atoms with Crippen molar-refractivity contribution in [1.29, 1.82) is 0 Å². The lowest BCUT2D eigenvalue weighted by Crippen LogP contribution is -2.37. The fraction of sp³-hybridized carbons (Fsp3) is 0.357. The average molecular weight is 329 g/mol. The fourth-order valence-electron chi connectivity index (χ4n) is 1.69. The van der Waals surface area contributed by atoms with Crippen molar-refractivity contribution in [3.63, 3.8) is 0 Å². The number of nitrogens with zero attached hydrogens (tertiary/aromatic N) is 1. The highest BCUT2D eigenvalue weighted by molar-refractivity contribution is 6.31. The smallest absolute Gasteiger partial charge is 0.340 e. The molecule has 1 unspecified atom stereocenters. The van der Waals surface area contributed by atoms with Gasteiger partial charge >= 0.3 is 18.0 Å². The highest BCUT2D eigenvalue weighted by Gasteiger charge is 2.20. The van der Waals surface area contributed by atoms with Gasteiger partial charge in [-0.05, 0) is 18.2 Å². The van der Waals surface area contributed by atoms with Gasteiger partial charge in [0.15, 0.2) is 0 Å². The topological polar surface area (TPSA) is 95.9 Å². The molecule has 0 aliphatic carbocycles. The predicted octanol–water partition coefficient (Wildman–Crippen LogP) is 2.31. The van der Waals surface area contributed by atoms with Crippen molar-refractivity contribution >= 4 is 35.3 Å². The summed E-state index contributed by atoms with van der Waals surface area (Å²) in [5, 5.41) is 11.7. The van der Waals surface area contributed by atoms with E-state index in [-0.39, 0.29) is 17.8 Å². The van der Waals surface area contributed by atoms with E-state index in [2.05, 4.69) is 10.1 Å². The summed E-state index contributed by atoms with van der Waals surface area (Å²) >= 11 is 5.82. The fourth-order valence-corrected chi connectivity index (χ4v) is 1.86. The molecule has 0 saturated heterocycles. The number of carboxylic acid groups (broad SMARTS) is 1. The number of methoxy groups -OCH3 is 1. The lowest BCUT2D eigenvalue weighted by Gasteiger charge is -2.20. The van der Waals surface area contributed by atoms with E-state index in [4.69, 9.17) is 16.7 Å². The molecule has 0 heterocycles. The summed E-state index contributed by atoms with van der Waals surface area (Å²) in [6, 6.07) is 3.83. The Labute approximate surface area is 132 Å². The van der Waals surface area contributed by atoms with Gasteiger partial charge in [0.05, 0.1) is 24.3 Å². The first kappa shape index (κ1) is 17.8. The van der Waals surface area contributed by atoms with Gasteiger partial charge in [-0.2, -0.15) is 0 Å². The van der Waals surface area contributed by atoms with Crippen LogP contribution in [0.25, 0.3) is 0 Å². The van der Waals surface area contributed by atoms with Crippen LogP contribution in [-0.2, 0) is 9.53 Å². The van der Waals surface area contributed by atoms with E-state index in [0.29, 0.717) is 5.02 Å². The maximum absolute atomic E-state index is 12.1. The minimum atomic E-state index is -0.999. The number of hydrogen-bond acceptors (Lipinski definition) is 4. The Bertz CT molecular complexity index is 591. The van der Waals surface area contributed by atoms with Crippen LogP contribution in [0.15, 0.2) is 18.2 Å². The summed E-state index contributed by atoms with van der Waals surface area (Å²) in [7, 11) is 2.68. The largest absolute Gasteiger partial charge is 0.481 e. The van der Waals surface area contributed by atoms with Gasteiger partial charge in [0.2, 0.25) is 0 Å². The van der Waals surface area contributed by atoms with E-state index in [1.165, 1.54) is 44.2 Å². The lowest BCUT2D eigenvalue weighted by atomic mass is 10.1. The van der Waals surface area contributed by atoms with Gasteiger partial charge < -0.3 is 20.1 Å². The van der Waals surface area contributed by atoms with Crippen LogP contribution >= 0.6 is 11.6 Å². The number of carboxylic acids is 1. The number of carbonyl (C=O) groups is 3. The van der Waals surface area contributed by atoms with E-state index in [1.54, 1.807) is 0 Å². The summed E-state index contributed by atoms with van der Waals surface area (Å²) in [5.74, 6) is -2.35. The molecule has 0 bridgehead atoms. The van der Waals surface area contributed by atoms with E-state index < -0.39 is 23.9 Å². The number of halogens is 1. The van der Waals surface area contributed by atoms with Crippen LogP contribution in [0.5, 0.6) is 0 Å². The molecule has 120 valence electrons. The van der Waals surface area contributed by atoms with Crippen molar-refractivity contribution in [3.05, 3.63) is 28.8 Å². The molecule has 0 aliphatic rings. The first-order valence-electron chi connectivity index (χ1n) is 6.39. The molecule has 22 heavy (non-hydrogen) atoms. The highest BCUT2D eigenvalue weighted by atomic mass is 35.5. The van der Waals surface area contributed by atoms with Crippen molar-refractivity contribution in [2.24, 2.45) is 5.92 Å². The molecule has 7 nitrogen and oxygen atoms in total. The zero-order valence-electron chi connectivity index (χ0n) is 12.4. The number of hydrogen-bond donors (Lipinski definition) is 2. The van der Waals surface area contributed by atoms with Crippen LogP contribution in [0.4, 0.5) is 10.5 Å². The average Bonchev–Trinajstić information content (AvgIpc) is 2.47. The predicted molar refractivity (Wildman–Crippen MR) is 81.2 cm³/mol. The van der Waals surface area contributed by atoms with Crippen molar-refractivity contribution in [2.45, 2.75) is 6.92 Å². The summed E-state index contributed by atoms with van der Waals surface area (Å²) in [5.41, 5.74) is 0.346. The second-order valence-corrected chi connectivity index (χ2v) is 5.17. The summed E-state index contributed by atoms with van der Waals surface area (Å²) in [6.45, 7) is 1.52. The van der Waals surface area contributed by atoms with Crippen molar-refractivity contribution < 1.29 is 24.2 Å². The van der Waals surface area contributed by atoms with Crippen molar-refractivity contribution in [3.8, 4) is 0 Å². The highest BCUT2D eigenvalue weighted by Crippen LogP contribution is 2.22. The van der Waals surface area contributed by atoms with Crippen LogP contribution in [0.2, 0.25) is 5.02 Å². The van der Waals surface area contributed by atoms with Gasteiger partial charge in [0, 0.05) is 18.6 Å². The molecule has 1 aromatic carbocycles. The Morgan fingerprint density at radius 1 is 1.41 bits per heavy atom. The molecule has 0 fully saturated rings. The van der Waals surface area contributed by atoms with E-state index >= 15 is 0 Å². The third kappa shape index (κ3) is 4.63. The van der Waals surface area contributed by atoms with Gasteiger partial charge in [-0.3, -0.25) is 4.79 Å². The molecular weight excluding hydrogens is 312 g/mol. The molecule has 1 rings (SSSR count). The number of carbonyl (C=O) groups excluding carboxylic acids is 2. The zero-order valence-corrected chi connectivity index (χ0v) is 13.2. The summed E-state index contributed by atoms with van der Waals surface area (Å²) in [6.07, 6.45) is 0. The normalized spacial score (nSPS) is 11.5. The van der Waals surface area contributed by atoms with Gasteiger partial charge in [-0.25, -0.2) is 9.59 Å². The number of ether oxygens (including phenoxy) is 1. The van der Waals surface area contributed by atoms with Crippen LogP contribution in [-0.4, -0.2) is 48.7 Å². The number of nitrogens with one attached hydrogen (secondary N) is 1. The van der Waals surface area contributed by atoms with Crippen molar-refractivity contribution in [1.82, 2.24) is 4.90 Å². The van der Waals surface area contributed by atoms with Crippen LogP contribution in [0.3, 0.4) is 0 Å². The monoisotopic (exact) mass is 328 g/mol. The first-order valence-corrected chi connectivity index (χ1v) is 6.76. The zero-order chi connectivity index (χ0) is 16.9. The Morgan fingerprint density at radius 3 is 2.59 bits per heavy atom. The van der Waals surface area contributed by atoms with Crippen LogP contribution in [0, 0.1) is 5.92 Å². The SMILES string of the molecule is COC(=O)c1cc(Cl)ccc1NC(=O)N(C)CC(C)C(=O)O. The number of anilines is 1. The first-order chi connectivity index (χ1) is 10.3. The van der Waals surface area contributed by atoms with Gasteiger partial charge in [0.1, 0.15) is 0 Å². The maximum atomic E-state index is 12.1. The minimum absolute atomic E-state index is 0.0301. The molecule has 2 N–H and O–H groups in total. The number of aliphatic carboxylic acids is 1. The molecular formula is C14H17ClN2O5. The molecule has 0 spiro atoms. The third-order valence-electron chi connectivity index (χ3n) is 2.94. The number of esters is 1. The summed E-state index contributed by atoms with van der Waals surface area (Å²) in [4.78, 5) is 35.8. The Morgan fingerprint density at radius 2 is 2.05 bits per heavy atom. The molecule has 0 saturated carbocycles. The number of benzene rings is 1. The Hall–Kier alpha value is -2.28. The standard InChI is InChI=1S/C14H17ClN2O5/c1-8(12(18)19)7-17(2)14(21)16-11-5-4-9(15)6-10(11)13(20)22-3/h4-6,8H,7H2,1-3H3,(H,16,21)(H,18,19). The van der Waals surface area contributed by atoms with Gasteiger partial charge in [-0.15, -0.1) is 0 Å². The van der Waals surface area contributed by atoms with Gasteiger partial charge in [-0.1, -0.05) is 18.5 Å². The molecule has 0 radical (unpaired) electrons. The second kappa shape index (κ2) is 7.65. The molecule has 1 atom stereocenters. The van der Waals surface area contributed by atoms with Gasteiger partial charge in [0.25, 0.3) is 0 Å². The number of urea groups is 1. The number of rotatable bonds is 5. The molecule has 0 aromatic heterocycles.